The Labute approximate surface area is 141 Å². The molecule has 2 aromatic carbocycles. The van der Waals surface area contributed by atoms with E-state index in [-0.39, 0.29) is 5.91 Å². The number of nitrogens with one attached hydrogen (secondary N) is 1. The molecule has 6 heteroatoms. The Morgan fingerprint density at radius 2 is 1.50 bits per heavy atom. The quantitative estimate of drug-likeness (QED) is 0.654. The van der Waals surface area contributed by atoms with Crippen LogP contribution in [-0.4, -0.2) is 32.9 Å². The summed E-state index contributed by atoms with van der Waals surface area (Å²) in [4.78, 5) is 12.2. The summed E-state index contributed by atoms with van der Waals surface area (Å²) in [7, 11) is 4.67. The number of rotatable bonds is 6. The number of hydrogen-bond acceptors (Lipinski definition) is 5. The van der Waals surface area contributed by atoms with E-state index in [0.717, 1.165) is 11.3 Å². The van der Waals surface area contributed by atoms with Crippen molar-refractivity contribution in [3.05, 3.63) is 53.6 Å². The van der Waals surface area contributed by atoms with E-state index in [4.69, 9.17) is 14.2 Å². The molecule has 0 atom stereocenters. The number of carbonyl (C=O) groups excluding carboxylic acids is 1. The minimum absolute atomic E-state index is 0.330. The van der Waals surface area contributed by atoms with Crippen molar-refractivity contribution in [1.82, 2.24) is 5.43 Å². The van der Waals surface area contributed by atoms with E-state index in [1.54, 1.807) is 32.4 Å². The van der Waals surface area contributed by atoms with Crippen molar-refractivity contribution in [3.63, 3.8) is 0 Å². The lowest BCUT2D eigenvalue weighted by Crippen LogP contribution is -2.19. The average Bonchev–Trinajstić information content (AvgIpc) is 2.65. The number of benzene rings is 2. The fourth-order valence-corrected chi connectivity index (χ4v) is 2.07. The maximum absolute atomic E-state index is 12.2. The molecular formula is C18H20N2O4. The number of hydrogen-bond donors (Lipinski definition) is 1. The summed E-state index contributed by atoms with van der Waals surface area (Å²) in [5, 5.41) is 4.13. The van der Waals surface area contributed by atoms with Crippen molar-refractivity contribution < 1.29 is 19.0 Å². The Morgan fingerprint density at radius 3 is 2.08 bits per heavy atom. The van der Waals surface area contributed by atoms with Crippen LogP contribution in [0.4, 0.5) is 0 Å². The predicted octanol–water partition coefficient (Wildman–Crippen LogP) is 2.87. The van der Waals surface area contributed by atoms with Crippen LogP contribution in [0.1, 0.15) is 22.8 Å². The van der Waals surface area contributed by atoms with Gasteiger partial charge in [0.1, 0.15) is 5.75 Å². The van der Waals surface area contributed by atoms with Gasteiger partial charge in [-0.05, 0) is 55.0 Å². The monoisotopic (exact) mass is 328 g/mol. The zero-order valence-corrected chi connectivity index (χ0v) is 14.1. The van der Waals surface area contributed by atoms with Crippen LogP contribution >= 0.6 is 0 Å². The summed E-state index contributed by atoms with van der Waals surface area (Å²) in [6.07, 6.45) is 0. The Bertz CT molecular complexity index is 739. The minimum atomic E-state index is -0.330. The number of carbonyl (C=O) groups is 1. The molecule has 0 aliphatic heterocycles. The minimum Gasteiger partial charge on any atom is -0.497 e. The molecule has 0 fully saturated rings. The van der Waals surface area contributed by atoms with Gasteiger partial charge in [0.2, 0.25) is 0 Å². The van der Waals surface area contributed by atoms with Gasteiger partial charge in [0.05, 0.1) is 27.0 Å². The van der Waals surface area contributed by atoms with Crippen molar-refractivity contribution >= 4 is 11.6 Å². The van der Waals surface area contributed by atoms with E-state index in [0.29, 0.717) is 22.8 Å². The van der Waals surface area contributed by atoms with Gasteiger partial charge in [0.25, 0.3) is 5.91 Å². The fourth-order valence-electron chi connectivity index (χ4n) is 2.07. The summed E-state index contributed by atoms with van der Waals surface area (Å²) in [6, 6.07) is 12.4. The smallest absolute Gasteiger partial charge is 0.271 e. The van der Waals surface area contributed by atoms with E-state index in [2.05, 4.69) is 10.5 Å². The standard InChI is InChI=1S/C18H20N2O4/c1-12(13-5-8-15(22-2)9-6-13)19-20-18(21)14-7-10-16(23-3)17(11-14)24-4/h5-11H,1-4H3,(H,20,21). The molecule has 0 unspecified atom stereocenters. The van der Waals surface area contributed by atoms with Gasteiger partial charge < -0.3 is 14.2 Å². The summed E-state index contributed by atoms with van der Waals surface area (Å²) in [5.41, 5.74) is 4.54. The van der Waals surface area contributed by atoms with Gasteiger partial charge in [-0.15, -0.1) is 0 Å². The molecule has 2 aromatic rings. The summed E-state index contributed by atoms with van der Waals surface area (Å²) in [6.45, 7) is 1.82. The van der Waals surface area contributed by atoms with E-state index < -0.39 is 0 Å². The molecule has 0 aliphatic rings. The number of ether oxygens (including phenoxy) is 3. The van der Waals surface area contributed by atoms with Crippen molar-refractivity contribution in [2.75, 3.05) is 21.3 Å². The molecule has 0 heterocycles. The maximum atomic E-state index is 12.2. The Balaban J connectivity index is 2.10. The maximum Gasteiger partial charge on any atom is 0.271 e. The molecule has 6 nitrogen and oxygen atoms in total. The number of nitrogens with zero attached hydrogens (tertiary/aromatic N) is 1. The molecule has 0 aromatic heterocycles. The molecule has 2 rings (SSSR count). The predicted molar refractivity (Wildman–Crippen MR) is 92.2 cm³/mol. The molecule has 0 spiro atoms. The van der Waals surface area contributed by atoms with E-state index in [1.165, 1.54) is 7.11 Å². The SMILES string of the molecule is COc1ccc(C(C)=NNC(=O)c2ccc(OC)c(OC)c2)cc1. The van der Waals surface area contributed by atoms with Gasteiger partial charge in [-0.2, -0.15) is 5.10 Å². The highest BCUT2D eigenvalue weighted by molar-refractivity contribution is 6.01. The fraction of sp³-hybridized carbons (Fsp3) is 0.222. The van der Waals surface area contributed by atoms with E-state index in [1.807, 2.05) is 31.2 Å². The second-order valence-corrected chi connectivity index (χ2v) is 4.94. The van der Waals surface area contributed by atoms with Crippen LogP contribution in [-0.2, 0) is 0 Å². The molecule has 0 radical (unpaired) electrons. The van der Waals surface area contributed by atoms with Gasteiger partial charge >= 0.3 is 0 Å². The third-order valence-corrected chi connectivity index (χ3v) is 3.48. The molecule has 0 saturated heterocycles. The van der Waals surface area contributed by atoms with Crippen molar-refractivity contribution in [2.24, 2.45) is 5.10 Å². The average molecular weight is 328 g/mol. The molecular weight excluding hydrogens is 308 g/mol. The van der Waals surface area contributed by atoms with Gasteiger partial charge in [0.15, 0.2) is 11.5 Å². The largest absolute Gasteiger partial charge is 0.497 e. The third kappa shape index (κ3) is 4.04. The van der Waals surface area contributed by atoms with Crippen LogP contribution in [0.2, 0.25) is 0 Å². The molecule has 0 aliphatic carbocycles. The second kappa shape index (κ2) is 8.01. The van der Waals surface area contributed by atoms with Crippen LogP contribution in [0.15, 0.2) is 47.6 Å². The summed E-state index contributed by atoms with van der Waals surface area (Å²) in [5.74, 6) is 1.48. The second-order valence-electron chi connectivity index (χ2n) is 4.94. The first-order chi connectivity index (χ1) is 11.6. The number of amides is 1. The Hall–Kier alpha value is -3.02. The lowest BCUT2D eigenvalue weighted by atomic mass is 10.1. The molecule has 24 heavy (non-hydrogen) atoms. The van der Waals surface area contributed by atoms with E-state index >= 15 is 0 Å². The van der Waals surface area contributed by atoms with Crippen LogP contribution in [0.3, 0.4) is 0 Å². The van der Waals surface area contributed by atoms with Crippen LogP contribution in [0, 0.1) is 0 Å². The highest BCUT2D eigenvalue weighted by Gasteiger charge is 2.10. The van der Waals surface area contributed by atoms with Crippen molar-refractivity contribution in [3.8, 4) is 17.2 Å². The van der Waals surface area contributed by atoms with Crippen molar-refractivity contribution in [1.29, 1.82) is 0 Å². The first kappa shape index (κ1) is 17.3. The van der Waals surface area contributed by atoms with E-state index in [9.17, 15) is 4.79 Å². The van der Waals surface area contributed by atoms with Crippen LogP contribution in [0.25, 0.3) is 0 Å². The molecule has 0 bridgehead atoms. The first-order valence-electron chi connectivity index (χ1n) is 7.30. The normalized spacial score (nSPS) is 10.9. The number of methoxy groups -OCH3 is 3. The van der Waals surface area contributed by atoms with Gasteiger partial charge in [-0.1, -0.05) is 0 Å². The number of hydrazone groups is 1. The lowest BCUT2D eigenvalue weighted by molar-refractivity contribution is 0.0954. The summed E-state index contributed by atoms with van der Waals surface area (Å²) >= 11 is 0. The van der Waals surface area contributed by atoms with Gasteiger partial charge in [0, 0.05) is 5.56 Å². The summed E-state index contributed by atoms with van der Waals surface area (Å²) < 4.78 is 15.5. The zero-order chi connectivity index (χ0) is 17.5. The Kier molecular flexibility index (Phi) is 5.78. The Morgan fingerprint density at radius 1 is 0.875 bits per heavy atom. The van der Waals surface area contributed by atoms with Gasteiger partial charge in [-0.25, -0.2) is 5.43 Å². The first-order valence-corrected chi connectivity index (χ1v) is 7.30. The van der Waals surface area contributed by atoms with Crippen LogP contribution < -0.4 is 19.6 Å². The van der Waals surface area contributed by atoms with Gasteiger partial charge in [-0.3, -0.25) is 4.79 Å². The molecule has 126 valence electrons. The molecule has 1 amide bonds. The third-order valence-electron chi connectivity index (χ3n) is 3.48. The molecule has 1 N–H and O–H groups in total. The highest BCUT2D eigenvalue weighted by atomic mass is 16.5. The zero-order valence-electron chi connectivity index (χ0n) is 14.1. The lowest BCUT2D eigenvalue weighted by Gasteiger charge is -2.09. The van der Waals surface area contributed by atoms with Crippen molar-refractivity contribution in [2.45, 2.75) is 6.92 Å². The topological polar surface area (TPSA) is 69.2 Å². The highest BCUT2D eigenvalue weighted by Crippen LogP contribution is 2.27. The van der Waals surface area contributed by atoms with Crippen LogP contribution in [0.5, 0.6) is 17.2 Å². The molecule has 0 saturated carbocycles.